The van der Waals surface area contributed by atoms with E-state index >= 15 is 0 Å². The van der Waals surface area contributed by atoms with Gasteiger partial charge < -0.3 is 30.2 Å². The van der Waals surface area contributed by atoms with E-state index in [0.29, 0.717) is 13.0 Å². The number of carbonyl (C=O) groups is 1. The van der Waals surface area contributed by atoms with Crippen molar-refractivity contribution in [2.24, 2.45) is 0 Å². The molecule has 0 spiro atoms. The molecule has 0 aliphatic carbocycles. The number of likely N-dealkylation sites (tertiary alicyclic amines) is 1. The maximum atomic E-state index is 13.4. The van der Waals surface area contributed by atoms with Gasteiger partial charge in [0.1, 0.15) is 0 Å². The number of carbonyl (C=O) groups excluding carboxylic acids is 1. The van der Waals surface area contributed by atoms with E-state index in [1.54, 1.807) is 11.3 Å². The molecule has 2 aromatic heterocycles. The van der Waals surface area contributed by atoms with Gasteiger partial charge in [-0.15, -0.1) is 11.3 Å². The number of aliphatic hydroxyl groups is 2. The summed E-state index contributed by atoms with van der Waals surface area (Å²) in [5.74, 6) is 0.0692. The molecule has 0 saturated carbocycles. The van der Waals surface area contributed by atoms with Gasteiger partial charge in [0.15, 0.2) is 5.13 Å². The first-order valence-corrected chi connectivity index (χ1v) is 17.2. The molecule has 5 heterocycles. The van der Waals surface area contributed by atoms with Gasteiger partial charge >= 0.3 is 0 Å². The third-order valence-electron chi connectivity index (χ3n) is 9.58. The standard InChI is InChI=1S/C33H47N7O3S/c1-33(43)9-17-40(18-10-33)32-36-27(24-44-32)28(22-29(42)34-12-19-37-13-2-3-14-37)38-15-5-16-39(21-20-38)31-26(23-41)8-7-25-6-4-11-35-30(25)31/h4,6-8,11,24,28,41,43H,2-3,5,9-10,12-23H2,1H3,(H,34,42). The number of hydrogen-bond donors (Lipinski definition) is 3. The quantitative estimate of drug-likeness (QED) is 0.314. The molecule has 11 heteroatoms. The summed E-state index contributed by atoms with van der Waals surface area (Å²) >= 11 is 1.64. The van der Waals surface area contributed by atoms with Crippen LogP contribution in [0.3, 0.4) is 0 Å². The van der Waals surface area contributed by atoms with Crippen LogP contribution in [0.5, 0.6) is 0 Å². The molecule has 0 bridgehead atoms. The van der Waals surface area contributed by atoms with E-state index in [4.69, 9.17) is 9.97 Å². The lowest BCUT2D eigenvalue weighted by Gasteiger charge is -2.35. The fraction of sp³-hybridized carbons (Fsp3) is 0.606. The van der Waals surface area contributed by atoms with Gasteiger partial charge in [0.25, 0.3) is 0 Å². The minimum atomic E-state index is -0.611. The Hall–Kier alpha value is -2.83. The highest BCUT2D eigenvalue weighted by molar-refractivity contribution is 7.13. The minimum Gasteiger partial charge on any atom is -0.392 e. The van der Waals surface area contributed by atoms with Crippen molar-refractivity contribution in [3.63, 3.8) is 0 Å². The van der Waals surface area contributed by atoms with E-state index < -0.39 is 5.60 Å². The summed E-state index contributed by atoms with van der Waals surface area (Å²) in [6.45, 7) is 10.5. The Balaban J connectivity index is 1.19. The second-order valence-corrected chi connectivity index (χ2v) is 13.7. The number of rotatable bonds is 10. The Labute approximate surface area is 264 Å². The molecule has 3 aromatic rings. The number of benzene rings is 1. The van der Waals surface area contributed by atoms with Crippen LogP contribution in [0.4, 0.5) is 10.8 Å². The highest BCUT2D eigenvalue weighted by Crippen LogP contribution is 2.35. The molecule has 3 fully saturated rings. The van der Waals surface area contributed by atoms with Gasteiger partial charge in [0.2, 0.25) is 5.91 Å². The summed E-state index contributed by atoms with van der Waals surface area (Å²) < 4.78 is 0. The van der Waals surface area contributed by atoms with Gasteiger partial charge in [-0.2, -0.15) is 0 Å². The first-order valence-electron chi connectivity index (χ1n) is 16.3. The Morgan fingerprint density at radius 2 is 1.84 bits per heavy atom. The van der Waals surface area contributed by atoms with Crippen LogP contribution in [0.1, 0.15) is 62.7 Å². The van der Waals surface area contributed by atoms with Crippen molar-refractivity contribution in [1.82, 2.24) is 25.1 Å². The molecule has 44 heavy (non-hydrogen) atoms. The van der Waals surface area contributed by atoms with Crippen molar-refractivity contribution in [2.75, 3.05) is 75.2 Å². The topological polar surface area (TPSA) is 108 Å². The molecule has 0 radical (unpaired) electrons. The summed E-state index contributed by atoms with van der Waals surface area (Å²) in [6, 6.07) is 7.93. The third kappa shape index (κ3) is 7.34. The van der Waals surface area contributed by atoms with Crippen LogP contribution in [-0.2, 0) is 11.4 Å². The lowest BCUT2D eigenvalue weighted by atomic mass is 9.94. The zero-order chi connectivity index (χ0) is 30.5. The molecule has 10 nitrogen and oxygen atoms in total. The smallest absolute Gasteiger partial charge is 0.222 e. The second kappa shape index (κ2) is 14.1. The molecule has 3 N–H and O–H groups in total. The molecule has 3 aliphatic heterocycles. The average Bonchev–Trinajstić information content (AvgIpc) is 3.68. The predicted octanol–water partition coefficient (Wildman–Crippen LogP) is 3.39. The van der Waals surface area contributed by atoms with Crippen molar-refractivity contribution in [1.29, 1.82) is 0 Å². The molecule has 1 aromatic carbocycles. The van der Waals surface area contributed by atoms with Gasteiger partial charge in [0, 0.05) is 81.3 Å². The van der Waals surface area contributed by atoms with Crippen LogP contribution < -0.4 is 15.1 Å². The Kier molecular flexibility index (Phi) is 9.97. The number of fused-ring (bicyclic) bond motifs is 1. The molecule has 3 aliphatic rings. The van der Waals surface area contributed by atoms with Crippen molar-refractivity contribution >= 4 is 39.0 Å². The number of nitrogens with zero attached hydrogens (tertiary/aromatic N) is 6. The monoisotopic (exact) mass is 621 g/mol. The van der Waals surface area contributed by atoms with Gasteiger partial charge in [-0.1, -0.05) is 18.2 Å². The van der Waals surface area contributed by atoms with Gasteiger partial charge in [-0.25, -0.2) is 4.98 Å². The Morgan fingerprint density at radius 3 is 2.64 bits per heavy atom. The van der Waals surface area contributed by atoms with Crippen LogP contribution in [0.25, 0.3) is 10.9 Å². The van der Waals surface area contributed by atoms with E-state index in [1.807, 2.05) is 31.3 Å². The second-order valence-electron chi connectivity index (χ2n) is 12.8. The fourth-order valence-corrected chi connectivity index (χ4v) is 7.83. The number of piperidine rings is 1. The lowest BCUT2D eigenvalue weighted by molar-refractivity contribution is -0.122. The molecule has 6 rings (SSSR count). The number of pyridine rings is 1. The van der Waals surface area contributed by atoms with Crippen molar-refractivity contribution < 1.29 is 15.0 Å². The van der Waals surface area contributed by atoms with Gasteiger partial charge in [0.05, 0.1) is 35.1 Å². The first kappa shape index (κ1) is 31.2. The van der Waals surface area contributed by atoms with E-state index in [-0.39, 0.29) is 18.6 Å². The van der Waals surface area contributed by atoms with E-state index in [1.165, 1.54) is 12.8 Å². The Morgan fingerprint density at radius 1 is 1.02 bits per heavy atom. The number of aromatic nitrogens is 2. The summed E-state index contributed by atoms with van der Waals surface area (Å²) in [7, 11) is 0. The van der Waals surface area contributed by atoms with Crippen LogP contribution in [0.2, 0.25) is 0 Å². The maximum Gasteiger partial charge on any atom is 0.222 e. The van der Waals surface area contributed by atoms with Gasteiger partial charge in [-0.3, -0.25) is 14.7 Å². The van der Waals surface area contributed by atoms with E-state index in [9.17, 15) is 15.0 Å². The molecular formula is C33H47N7O3S. The predicted molar refractivity (Wildman–Crippen MR) is 176 cm³/mol. The molecule has 1 unspecified atom stereocenters. The van der Waals surface area contributed by atoms with Crippen LogP contribution in [-0.4, -0.2) is 107 Å². The number of nitrogens with one attached hydrogen (secondary N) is 1. The minimum absolute atomic E-state index is 0.0319. The Bertz CT molecular complexity index is 1400. The lowest BCUT2D eigenvalue weighted by Crippen LogP contribution is -2.42. The third-order valence-corrected chi connectivity index (χ3v) is 10.5. The van der Waals surface area contributed by atoms with Crippen LogP contribution in [0.15, 0.2) is 35.8 Å². The summed E-state index contributed by atoms with van der Waals surface area (Å²) in [4.78, 5) is 32.6. The van der Waals surface area contributed by atoms with E-state index in [2.05, 4.69) is 36.4 Å². The largest absolute Gasteiger partial charge is 0.392 e. The molecule has 3 saturated heterocycles. The first-order chi connectivity index (χ1) is 21.4. The van der Waals surface area contributed by atoms with Crippen molar-refractivity contribution in [3.8, 4) is 0 Å². The zero-order valence-corrected chi connectivity index (χ0v) is 26.8. The van der Waals surface area contributed by atoms with Crippen LogP contribution in [0, 0.1) is 0 Å². The SMILES string of the molecule is CC1(O)CCN(c2nc(C(CC(=O)NCCN3CCCC3)N3CCCN(c4c(CO)ccc5cccnc45)CC3)cs2)CC1. The van der Waals surface area contributed by atoms with E-state index in [0.717, 1.165) is 111 Å². The summed E-state index contributed by atoms with van der Waals surface area (Å²) in [6.07, 6.45) is 7.07. The number of thiazole rings is 1. The van der Waals surface area contributed by atoms with Crippen molar-refractivity contribution in [3.05, 3.63) is 47.1 Å². The highest BCUT2D eigenvalue weighted by Gasteiger charge is 2.32. The molecule has 1 amide bonds. The molecule has 1 atom stereocenters. The average molecular weight is 622 g/mol. The number of amides is 1. The summed E-state index contributed by atoms with van der Waals surface area (Å²) in [5, 5.41) is 28.0. The van der Waals surface area contributed by atoms with Crippen LogP contribution >= 0.6 is 11.3 Å². The molecule has 238 valence electrons. The fourth-order valence-electron chi connectivity index (χ4n) is 6.91. The number of aliphatic hydroxyl groups excluding tert-OH is 1. The van der Waals surface area contributed by atoms with Gasteiger partial charge in [-0.05, 0) is 58.2 Å². The van der Waals surface area contributed by atoms with Crippen molar-refractivity contribution in [2.45, 2.75) is 63.7 Å². The number of hydrogen-bond acceptors (Lipinski definition) is 10. The maximum absolute atomic E-state index is 13.4. The highest BCUT2D eigenvalue weighted by atomic mass is 32.1. The molecular weight excluding hydrogens is 574 g/mol. The summed E-state index contributed by atoms with van der Waals surface area (Å²) in [5.41, 5.74) is 3.17. The number of anilines is 2. The normalized spacial score (nSPS) is 20.6. The zero-order valence-electron chi connectivity index (χ0n) is 26.0.